The Morgan fingerprint density at radius 3 is 2.44 bits per heavy atom. The van der Waals surface area contributed by atoms with Crippen molar-refractivity contribution in [2.45, 2.75) is 36.7 Å². The second-order valence-electron chi connectivity index (χ2n) is 8.63. The van der Waals surface area contributed by atoms with Crippen LogP contribution in [-0.4, -0.2) is 27.0 Å². The van der Waals surface area contributed by atoms with Gasteiger partial charge in [-0.15, -0.1) is 0 Å². The number of amides is 1. The van der Waals surface area contributed by atoms with Crippen molar-refractivity contribution < 1.29 is 17.9 Å². The summed E-state index contributed by atoms with van der Waals surface area (Å²) in [5.74, 6) is 0.762. The lowest BCUT2D eigenvalue weighted by atomic mass is 10.0. The fraction of sp³-hybridized carbons (Fsp3) is 0.222. The molecule has 2 aliphatic rings. The van der Waals surface area contributed by atoms with Crippen molar-refractivity contribution in [2.75, 3.05) is 6.61 Å². The Bertz CT molecular complexity index is 1330. The third kappa shape index (κ3) is 5.38. The van der Waals surface area contributed by atoms with Gasteiger partial charge in [0.2, 0.25) is 15.9 Å². The van der Waals surface area contributed by atoms with Crippen molar-refractivity contribution >= 4 is 22.0 Å². The van der Waals surface area contributed by atoms with Gasteiger partial charge in [0.15, 0.2) is 0 Å². The van der Waals surface area contributed by atoms with Crippen LogP contribution in [0, 0.1) is 0 Å². The van der Waals surface area contributed by atoms with E-state index in [0.717, 1.165) is 53.9 Å². The van der Waals surface area contributed by atoms with Gasteiger partial charge in [0, 0.05) is 25.1 Å². The molecule has 1 heterocycles. The van der Waals surface area contributed by atoms with Crippen LogP contribution in [0.4, 0.5) is 0 Å². The van der Waals surface area contributed by atoms with E-state index in [-0.39, 0.29) is 16.8 Å². The molecule has 1 saturated carbocycles. The summed E-state index contributed by atoms with van der Waals surface area (Å²) >= 11 is 0. The normalized spacial score (nSPS) is 15.2. The van der Waals surface area contributed by atoms with Crippen LogP contribution in [0.3, 0.4) is 0 Å². The lowest BCUT2D eigenvalue weighted by Crippen LogP contribution is -2.25. The molecule has 2 N–H and O–H groups in total. The van der Waals surface area contributed by atoms with Crippen LogP contribution >= 0.6 is 0 Å². The Morgan fingerprint density at radius 2 is 1.71 bits per heavy atom. The molecule has 34 heavy (non-hydrogen) atoms. The SMILES string of the molecule is O=C(/C=C/c1ccc(S(=O)(=O)NC2CC2)cc1)NCc1ccc(-c2ccc3c(c2)CCO3)cc1. The summed E-state index contributed by atoms with van der Waals surface area (Å²) in [6, 6.07) is 21.0. The lowest BCUT2D eigenvalue weighted by Gasteiger charge is -2.07. The molecule has 0 saturated heterocycles. The highest BCUT2D eigenvalue weighted by atomic mass is 32.2. The number of fused-ring (bicyclic) bond motifs is 1. The Hall–Kier alpha value is -3.42. The van der Waals surface area contributed by atoms with Crippen LogP contribution in [0.2, 0.25) is 0 Å². The summed E-state index contributed by atoms with van der Waals surface area (Å²) in [6.45, 7) is 1.17. The van der Waals surface area contributed by atoms with Crippen molar-refractivity contribution in [1.29, 1.82) is 0 Å². The Balaban J connectivity index is 1.14. The highest BCUT2D eigenvalue weighted by Crippen LogP contribution is 2.30. The molecule has 5 rings (SSSR count). The first kappa shape index (κ1) is 22.4. The van der Waals surface area contributed by atoms with Crippen LogP contribution in [0.1, 0.15) is 29.5 Å². The second kappa shape index (κ2) is 9.44. The molecule has 0 bridgehead atoms. The molecule has 3 aromatic carbocycles. The standard InChI is InChI=1S/C27H26N2O4S/c30-27(14-5-19-3-11-25(12-4-19)34(31,32)29-24-9-10-24)28-18-20-1-6-21(7-2-20)22-8-13-26-23(17-22)15-16-33-26/h1-8,11-14,17,24,29H,9-10,15-16,18H2,(H,28,30)/b14-5+. The molecule has 0 unspecified atom stereocenters. The fourth-order valence-corrected chi connectivity index (χ4v) is 5.15. The van der Waals surface area contributed by atoms with Crippen molar-refractivity contribution in [3.05, 3.63) is 89.5 Å². The maximum atomic E-state index is 12.2. The highest BCUT2D eigenvalue weighted by molar-refractivity contribution is 7.89. The van der Waals surface area contributed by atoms with E-state index in [4.69, 9.17) is 4.74 Å². The molecule has 174 valence electrons. The summed E-state index contributed by atoms with van der Waals surface area (Å²) in [6.07, 6.45) is 5.85. The zero-order valence-corrected chi connectivity index (χ0v) is 19.5. The molecule has 3 aromatic rings. The minimum atomic E-state index is -3.47. The average Bonchev–Trinajstić information content (AvgIpc) is 3.53. The summed E-state index contributed by atoms with van der Waals surface area (Å²) in [5, 5.41) is 2.88. The van der Waals surface area contributed by atoms with E-state index < -0.39 is 10.0 Å². The minimum absolute atomic E-state index is 0.0681. The van der Waals surface area contributed by atoms with Gasteiger partial charge in [-0.3, -0.25) is 4.79 Å². The summed E-state index contributed by atoms with van der Waals surface area (Å²) in [5.41, 5.74) is 5.29. The monoisotopic (exact) mass is 474 g/mol. The number of carbonyl (C=O) groups is 1. The number of hydrogen-bond acceptors (Lipinski definition) is 4. The number of carbonyl (C=O) groups excluding carboxylic acids is 1. The number of hydrogen-bond donors (Lipinski definition) is 2. The molecule has 1 fully saturated rings. The Morgan fingerprint density at radius 1 is 0.971 bits per heavy atom. The molecule has 6 nitrogen and oxygen atoms in total. The number of nitrogens with one attached hydrogen (secondary N) is 2. The maximum absolute atomic E-state index is 12.2. The maximum Gasteiger partial charge on any atom is 0.244 e. The highest BCUT2D eigenvalue weighted by Gasteiger charge is 2.27. The zero-order valence-electron chi connectivity index (χ0n) is 18.7. The zero-order chi connectivity index (χ0) is 23.5. The summed E-state index contributed by atoms with van der Waals surface area (Å²) in [4.78, 5) is 12.5. The van der Waals surface area contributed by atoms with Gasteiger partial charge in [-0.05, 0) is 71.0 Å². The van der Waals surface area contributed by atoms with E-state index in [9.17, 15) is 13.2 Å². The molecule has 0 spiro atoms. The van der Waals surface area contributed by atoms with Crippen LogP contribution in [-0.2, 0) is 27.8 Å². The molecule has 0 atom stereocenters. The topological polar surface area (TPSA) is 84.5 Å². The van der Waals surface area contributed by atoms with E-state index in [0.29, 0.717) is 6.54 Å². The molecule has 1 aliphatic carbocycles. The van der Waals surface area contributed by atoms with E-state index in [2.05, 4.69) is 34.3 Å². The Labute approximate surface area is 199 Å². The smallest absolute Gasteiger partial charge is 0.244 e. The number of sulfonamides is 1. The van der Waals surface area contributed by atoms with Crippen molar-refractivity contribution in [1.82, 2.24) is 10.0 Å². The van der Waals surface area contributed by atoms with Gasteiger partial charge in [0.1, 0.15) is 5.75 Å². The largest absolute Gasteiger partial charge is 0.493 e. The van der Waals surface area contributed by atoms with Gasteiger partial charge >= 0.3 is 0 Å². The van der Waals surface area contributed by atoms with Gasteiger partial charge < -0.3 is 10.1 Å². The molecule has 0 radical (unpaired) electrons. The van der Waals surface area contributed by atoms with Gasteiger partial charge in [-0.1, -0.05) is 42.5 Å². The number of ether oxygens (including phenoxy) is 1. The summed E-state index contributed by atoms with van der Waals surface area (Å²) in [7, 11) is -3.47. The van der Waals surface area contributed by atoms with Crippen molar-refractivity contribution in [2.24, 2.45) is 0 Å². The van der Waals surface area contributed by atoms with Crippen molar-refractivity contribution in [3.63, 3.8) is 0 Å². The first-order valence-electron chi connectivity index (χ1n) is 11.4. The Kier molecular flexibility index (Phi) is 6.22. The predicted octanol–water partition coefficient (Wildman–Crippen LogP) is 4.06. The molecular formula is C27H26N2O4S. The van der Waals surface area contributed by atoms with E-state index >= 15 is 0 Å². The molecular weight excluding hydrogens is 448 g/mol. The van der Waals surface area contributed by atoms with Crippen LogP contribution in [0.5, 0.6) is 5.75 Å². The first-order chi connectivity index (χ1) is 16.5. The first-order valence-corrected chi connectivity index (χ1v) is 12.9. The molecule has 0 aromatic heterocycles. The number of rotatable bonds is 8. The molecule has 1 amide bonds. The second-order valence-corrected chi connectivity index (χ2v) is 10.3. The minimum Gasteiger partial charge on any atom is -0.493 e. The fourth-order valence-electron chi connectivity index (χ4n) is 3.85. The van der Waals surface area contributed by atoms with Crippen LogP contribution in [0.25, 0.3) is 17.2 Å². The predicted molar refractivity (Wildman–Crippen MR) is 132 cm³/mol. The van der Waals surface area contributed by atoms with Crippen LogP contribution < -0.4 is 14.8 Å². The van der Waals surface area contributed by atoms with Gasteiger partial charge in [-0.2, -0.15) is 0 Å². The van der Waals surface area contributed by atoms with E-state index in [1.807, 2.05) is 18.2 Å². The van der Waals surface area contributed by atoms with Crippen LogP contribution in [0.15, 0.2) is 77.7 Å². The molecule has 1 aliphatic heterocycles. The van der Waals surface area contributed by atoms with E-state index in [1.54, 1.807) is 30.3 Å². The van der Waals surface area contributed by atoms with Gasteiger partial charge in [-0.25, -0.2) is 13.1 Å². The molecule has 7 heteroatoms. The third-order valence-electron chi connectivity index (χ3n) is 5.96. The third-order valence-corrected chi connectivity index (χ3v) is 7.50. The van der Waals surface area contributed by atoms with Gasteiger partial charge in [0.05, 0.1) is 11.5 Å². The summed E-state index contributed by atoms with van der Waals surface area (Å²) < 4.78 is 32.7. The number of benzene rings is 3. The van der Waals surface area contributed by atoms with Gasteiger partial charge in [0.25, 0.3) is 0 Å². The quantitative estimate of drug-likeness (QED) is 0.482. The average molecular weight is 475 g/mol. The lowest BCUT2D eigenvalue weighted by molar-refractivity contribution is -0.116. The van der Waals surface area contributed by atoms with Crippen molar-refractivity contribution in [3.8, 4) is 16.9 Å². The van der Waals surface area contributed by atoms with E-state index in [1.165, 1.54) is 11.6 Å².